The molecule has 0 saturated heterocycles. The monoisotopic (exact) mass is 430 g/mol. The zero-order valence-corrected chi connectivity index (χ0v) is 19.1. The summed E-state index contributed by atoms with van der Waals surface area (Å²) in [5, 5.41) is 27.0. The number of hydrogen-bond acceptors (Lipinski definition) is 6. The smallest absolute Gasteiger partial charge is 0.308 e. The summed E-state index contributed by atoms with van der Waals surface area (Å²) in [4.78, 5) is 11.7. The zero-order chi connectivity index (χ0) is 22.3. The molecule has 0 rings (SSSR count). The van der Waals surface area contributed by atoms with Gasteiger partial charge in [0, 0.05) is 19.3 Å². The van der Waals surface area contributed by atoms with Gasteiger partial charge in [0.15, 0.2) is 6.29 Å². The predicted octanol–water partition coefficient (Wildman–Crippen LogP) is 4.99. The van der Waals surface area contributed by atoms with Gasteiger partial charge in [-0.05, 0) is 32.1 Å². The maximum absolute atomic E-state index is 11.7. The van der Waals surface area contributed by atoms with Gasteiger partial charge in [-0.15, -0.1) is 0 Å². The minimum Gasteiger partial charge on any atom is -0.436 e. The molecule has 0 radical (unpaired) electrons. The van der Waals surface area contributed by atoms with E-state index in [-0.39, 0.29) is 32.0 Å². The molecule has 30 heavy (non-hydrogen) atoms. The Morgan fingerprint density at radius 3 is 1.90 bits per heavy atom. The van der Waals surface area contributed by atoms with E-state index in [2.05, 4.69) is 19.1 Å². The van der Waals surface area contributed by atoms with E-state index >= 15 is 0 Å². The Balaban J connectivity index is 3.35. The van der Waals surface area contributed by atoms with Crippen molar-refractivity contribution < 1.29 is 29.6 Å². The van der Waals surface area contributed by atoms with E-state index in [0.717, 1.165) is 25.7 Å². The molecule has 0 aromatic heterocycles. The van der Waals surface area contributed by atoms with Crippen molar-refractivity contribution in [1.82, 2.24) is 0 Å². The molecule has 0 aliphatic carbocycles. The Morgan fingerprint density at radius 1 is 0.767 bits per heavy atom. The first-order chi connectivity index (χ1) is 14.6. The zero-order valence-electron chi connectivity index (χ0n) is 19.1. The van der Waals surface area contributed by atoms with Crippen LogP contribution in [0.25, 0.3) is 0 Å². The molecular weight excluding hydrogens is 384 g/mol. The van der Waals surface area contributed by atoms with E-state index in [1.54, 1.807) is 0 Å². The van der Waals surface area contributed by atoms with Crippen molar-refractivity contribution in [2.24, 2.45) is 0 Å². The average molecular weight is 431 g/mol. The lowest BCUT2D eigenvalue weighted by Gasteiger charge is -2.12. The molecule has 0 aliphatic rings. The number of ether oxygens (including phenoxy) is 2. The molecular formula is C24H46O6. The van der Waals surface area contributed by atoms with E-state index in [0.29, 0.717) is 6.42 Å². The Hall–Kier alpha value is -0.950. The Kier molecular flexibility index (Phi) is 22.0. The van der Waals surface area contributed by atoms with Gasteiger partial charge in [0.2, 0.25) is 6.29 Å². The molecule has 178 valence electrons. The van der Waals surface area contributed by atoms with Crippen molar-refractivity contribution in [2.75, 3.05) is 13.2 Å². The van der Waals surface area contributed by atoms with Crippen LogP contribution in [0, 0.1) is 0 Å². The molecule has 3 N–H and O–H groups in total. The summed E-state index contributed by atoms with van der Waals surface area (Å²) in [6, 6.07) is 0. The van der Waals surface area contributed by atoms with Crippen LogP contribution in [0.2, 0.25) is 0 Å². The largest absolute Gasteiger partial charge is 0.436 e. The van der Waals surface area contributed by atoms with Crippen molar-refractivity contribution in [3.63, 3.8) is 0 Å². The number of rotatable bonds is 22. The number of hydrogen-bond donors (Lipinski definition) is 3. The first-order valence-corrected chi connectivity index (χ1v) is 12.0. The fourth-order valence-corrected chi connectivity index (χ4v) is 3.08. The van der Waals surface area contributed by atoms with Crippen LogP contribution in [-0.2, 0) is 14.3 Å². The molecule has 0 saturated carbocycles. The van der Waals surface area contributed by atoms with Gasteiger partial charge in [0.1, 0.15) is 0 Å². The normalized spacial score (nSPS) is 12.7. The number of aliphatic hydroxyl groups excluding tert-OH is 2. The number of esters is 1. The molecule has 6 nitrogen and oxygen atoms in total. The quantitative estimate of drug-likeness (QED) is 0.0969. The molecule has 0 spiro atoms. The van der Waals surface area contributed by atoms with Crippen LogP contribution >= 0.6 is 0 Å². The molecule has 1 atom stereocenters. The number of aliphatic hydroxyl groups is 3. The van der Waals surface area contributed by atoms with Gasteiger partial charge in [-0.3, -0.25) is 4.79 Å². The highest BCUT2D eigenvalue weighted by molar-refractivity contribution is 5.69. The first kappa shape index (κ1) is 29.1. The van der Waals surface area contributed by atoms with Crippen molar-refractivity contribution >= 4 is 5.97 Å². The van der Waals surface area contributed by atoms with Crippen molar-refractivity contribution in [1.29, 1.82) is 0 Å². The maximum Gasteiger partial charge on any atom is 0.308 e. The topological polar surface area (TPSA) is 96.2 Å². The lowest BCUT2D eigenvalue weighted by molar-refractivity contribution is -0.170. The Labute approximate surface area is 183 Å². The highest BCUT2D eigenvalue weighted by Gasteiger charge is 2.10. The SMILES string of the molecule is CCCCCCCC/C=C\CCCCCCCC(=O)OC(O)CCOCCC(O)O. The van der Waals surface area contributed by atoms with Crippen LogP contribution in [0.5, 0.6) is 0 Å². The second-order valence-electron chi connectivity index (χ2n) is 7.95. The molecule has 0 fully saturated rings. The average Bonchev–Trinajstić information content (AvgIpc) is 2.70. The summed E-state index contributed by atoms with van der Waals surface area (Å²) in [6.45, 7) is 2.64. The molecule has 0 heterocycles. The number of carbonyl (C=O) groups excluding carboxylic acids is 1. The number of allylic oxidation sites excluding steroid dienone is 2. The van der Waals surface area contributed by atoms with E-state index < -0.39 is 12.6 Å². The minimum atomic E-state index is -1.39. The molecule has 6 heteroatoms. The minimum absolute atomic E-state index is 0.116. The van der Waals surface area contributed by atoms with Crippen molar-refractivity contribution in [3.05, 3.63) is 12.2 Å². The van der Waals surface area contributed by atoms with Crippen molar-refractivity contribution in [3.8, 4) is 0 Å². The number of unbranched alkanes of at least 4 members (excludes halogenated alkanes) is 11. The van der Waals surface area contributed by atoms with E-state index in [1.165, 1.54) is 57.8 Å². The molecule has 0 amide bonds. The summed E-state index contributed by atoms with van der Waals surface area (Å²) >= 11 is 0. The Bertz CT molecular complexity index is 397. The highest BCUT2D eigenvalue weighted by Crippen LogP contribution is 2.10. The number of carbonyl (C=O) groups is 1. The van der Waals surface area contributed by atoms with Crippen LogP contribution in [-0.4, -0.2) is 47.1 Å². The second kappa shape index (κ2) is 22.7. The summed E-state index contributed by atoms with van der Waals surface area (Å²) in [6.07, 6.45) is 18.4. The third kappa shape index (κ3) is 23.3. The van der Waals surface area contributed by atoms with Gasteiger partial charge in [0.25, 0.3) is 0 Å². The molecule has 0 aromatic carbocycles. The third-order valence-corrected chi connectivity index (χ3v) is 4.94. The van der Waals surface area contributed by atoms with Crippen LogP contribution in [0.15, 0.2) is 12.2 Å². The van der Waals surface area contributed by atoms with E-state index in [4.69, 9.17) is 19.7 Å². The molecule has 0 bridgehead atoms. The van der Waals surface area contributed by atoms with Gasteiger partial charge in [-0.25, -0.2) is 0 Å². The van der Waals surface area contributed by atoms with Crippen LogP contribution in [0.4, 0.5) is 0 Å². The van der Waals surface area contributed by atoms with Crippen LogP contribution < -0.4 is 0 Å². The van der Waals surface area contributed by atoms with E-state index in [1.807, 2.05) is 0 Å². The summed E-state index contributed by atoms with van der Waals surface area (Å²) in [5.74, 6) is -0.383. The van der Waals surface area contributed by atoms with E-state index in [9.17, 15) is 9.90 Å². The summed E-state index contributed by atoms with van der Waals surface area (Å²) in [7, 11) is 0. The van der Waals surface area contributed by atoms with Gasteiger partial charge in [-0.1, -0.05) is 70.4 Å². The summed E-state index contributed by atoms with van der Waals surface area (Å²) < 4.78 is 10.0. The third-order valence-electron chi connectivity index (χ3n) is 4.94. The Morgan fingerprint density at radius 2 is 1.30 bits per heavy atom. The van der Waals surface area contributed by atoms with Crippen LogP contribution in [0.1, 0.15) is 110 Å². The van der Waals surface area contributed by atoms with Gasteiger partial charge < -0.3 is 24.8 Å². The van der Waals surface area contributed by atoms with Gasteiger partial charge >= 0.3 is 5.97 Å². The second-order valence-corrected chi connectivity index (χ2v) is 7.95. The standard InChI is InChI=1S/C24H46O6/c1-2-3-4-5-6-7-8-9-10-11-12-13-14-15-16-17-23(27)30-24(28)19-21-29-20-18-22(25)26/h9-10,22,24-26,28H,2-8,11-21H2,1H3/b10-9-. The molecule has 0 aromatic rings. The van der Waals surface area contributed by atoms with Crippen molar-refractivity contribution in [2.45, 2.75) is 122 Å². The highest BCUT2D eigenvalue weighted by atomic mass is 16.6. The lowest BCUT2D eigenvalue weighted by Crippen LogP contribution is -2.20. The first-order valence-electron chi connectivity index (χ1n) is 12.0. The predicted molar refractivity (Wildman–Crippen MR) is 120 cm³/mol. The van der Waals surface area contributed by atoms with Gasteiger partial charge in [0.05, 0.1) is 13.2 Å². The maximum atomic E-state index is 11.7. The summed E-state index contributed by atoms with van der Waals surface area (Å²) in [5.41, 5.74) is 0. The molecule has 0 aliphatic heterocycles. The lowest BCUT2D eigenvalue weighted by atomic mass is 10.1. The fourth-order valence-electron chi connectivity index (χ4n) is 3.08. The van der Waals surface area contributed by atoms with Gasteiger partial charge in [-0.2, -0.15) is 0 Å². The fraction of sp³-hybridized carbons (Fsp3) is 0.875. The van der Waals surface area contributed by atoms with Crippen LogP contribution in [0.3, 0.4) is 0 Å². The molecule has 1 unspecified atom stereocenters.